The van der Waals surface area contributed by atoms with Crippen LogP contribution in [0, 0.1) is 0 Å². The van der Waals surface area contributed by atoms with Gasteiger partial charge in [-0.3, -0.25) is 4.79 Å². The molecule has 2 aromatic rings. The molecular formula is C6H3NO3. The third-order valence-corrected chi connectivity index (χ3v) is 1.14. The topological polar surface area (TPSA) is 56.2 Å². The molecule has 0 N–H and O–H groups in total. The Morgan fingerprint density at radius 3 is 3.20 bits per heavy atom. The minimum absolute atomic E-state index is 0.0503. The summed E-state index contributed by atoms with van der Waals surface area (Å²) in [4.78, 5) is 13.8. The van der Waals surface area contributed by atoms with Crippen molar-refractivity contribution in [2.75, 3.05) is 0 Å². The molecule has 10 heavy (non-hydrogen) atoms. The highest BCUT2D eigenvalue weighted by Crippen LogP contribution is 2.14. The maximum absolute atomic E-state index is 10.1. The third-order valence-electron chi connectivity index (χ3n) is 1.14. The zero-order valence-electron chi connectivity index (χ0n) is 4.90. The van der Waals surface area contributed by atoms with Gasteiger partial charge >= 0.3 is 5.78 Å². The van der Waals surface area contributed by atoms with Gasteiger partial charge in [-0.05, 0) is 0 Å². The molecule has 0 saturated heterocycles. The van der Waals surface area contributed by atoms with Crippen LogP contribution in [0.25, 0.3) is 11.3 Å². The van der Waals surface area contributed by atoms with E-state index in [-0.39, 0.29) is 5.89 Å². The fourth-order valence-electron chi connectivity index (χ4n) is 0.735. The van der Waals surface area contributed by atoms with E-state index >= 15 is 0 Å². The molecule has 0 fully saturated rings. The van der Waals surface area contributed by atoms with Gasteiger partial charge in [-0.25, -0.2) is 4.98 Å². The van der Waals surface area contributed by atoms with Crippen molar-refractivity contribution in [3.05, 3.63) is 18.2 Å². The van der Waals surface area contributed by atoms with Crippen molar-refractivity contribution in [1.82, 2.24) is 4.98 Å². The van der Waals surface area contributed by atoms with E-state index in [1.165, 1.54) is 6.26 Å². The number of hydrogen-bond acceptors (Lipinski definition) is 4. The Bertz CT molecular complexity index is 331. The van der Waals surface area contributed by atoms with Crippen molar-refractivity contribution in [2.45, 2.75) is 0 Å². The van der Waals surface area contributed by atoms with Gasteiger partial charge in [0.25, 0.3) is 5.89 Å². The highest BCUT2D eigenvalue weighted by molar-refractivity contribution is 5.75. The van der Waals surface area contributed by atoms with Crippen LogP contribution in [-0.2, 0) is 0 Å². The lowest BCUT2D eigenvalue weighted by Crippen LogP contribution is -1.73. The molecular weight excluding hydrogens is 134 g/mol. The van der Waals surface area contributed by atoms with Gasteiger partial charge in [-0.15, -0.1) is 0 Å². The van der Waals surface area contributed by atoms with Crippen LogP contribution >= 0.6 is 0 Å². The highest BCUT2D eigenvalue weighted by atomic mass is 16.5. The van der Waals surface area contributed by atoms with Gasteiger partial charge in [0.15, 0.2) is 5.52 Å². The Labute approximate surface area is 55.4 Å². The number of nitrogens with zero attached hydrogens (tertiary/aromatic N) is 1. The number of carbonyl (C=O) groups is 1. The fraction of sp³-hybridized carbons (Fsp3) is 0. The van der Waals surface area contributed by atoms with Crippen LogP contribution in [0.4, 0.5) is 0 Å². The Balaban J connectivity index is 2.78. The van der Waals surface area contributed by atoms with E-state index in [0.717, 1.165) is 0 Å². The Kier molecular flexibility index (Phi) is 0.887. The summed E-state index contributed by atoms with van der Waals surface area (Å²) < 4.78 is 9.62. The molecule has 50 valence electrons. The van der Waals surface area contributed by atoms with Gasteiger partial charge < -0.3 is 8.83 Å². The van der Waals surface area contributed by atoms with Crippen LogP contribution in [0.1, 0.15) is 10.7 Å². The summed E-state index contributed by atoms with van der Waals surface area (Å²) in [5, 5.41) is 0. The number of fused-ring (bicyclic) bond motifs is 1. The van der Waals surface area contributed by atoms with Crippen LogP contribution < -0.4 is 0 Å². The molecule has 2 aromatic heterocycles. The second-order valence-electron chi connectivity index (χ2n) is 1.76. The number of carbonyl (C=O) groups excluding carboxylic acids is 1. The number of oxazole rings is 1. The summed E-state index contributed by atoms with van der Waals surface area (Å²) in [6.45, 7) is 0. The lowest BCUT2D eigenvalue weighted by molar-refractivity contribution is 0.109. The van der Waals surface area contributed by atoms with E-state index in [9.17, 15) is 4.79 Å². The minimum Gasteiger partial charge on any atom is -0.432 e. The molecule has 0 radical (unpaired) electrons. The number of furan rings is 1. The average molecular weight is 137 g/mol. The molecule has 2 rings (SSSR count). The first-order chi connectivity index (χ1) is 4.90. The fourth-order valence-corrected chi connectivity index (χ4v) is 0.735. The maximum atomic E-state index is 10.1. The standard InChI is InChI=1S/C6H3NO3/c8-3-5-7-4-1-2-9-6(4)10-5/h1-3H. The second kappa shape index (κ2) is 1.70. The first-order valence-electron chi connectivity index (χ1n) is 2.69. The molecule has 4 heteroatoms. The summed E-state index contributed by atoms with van der Waals surface area (Å²) >= 11 is 0. The summed E-state index contributed by atoms with van der Waals surface area (Å²) in [5.41, 5.74) is 0.571. The van der Waals surface area contributed by atoms with Gasteiger partial charge in [0.2, 0.25) is 6.29 Å². The third kappa shape index (κ3) is 0.556. The molecule has 0 saturated carbocycles. The van der Waals surface area contributed by atoms with Gasteiger partial charge in [-0.2, -0.15) is 0 Å². The Hall–Kier alpha value is -1.58. The van der Waals surface area contributed by atoms with Gasteiger partial charge in [0, 0.05) is 6.07 Å². The largest absolute Gasteiger partial charge is 0.432 e. The SMILES string of the molecule is O=Cc1nc2ccoc2o1. The summed E-state index contributed by atoms with van der Waals surface area (Å²) in [7, 11) is 0. The van der Waals surface area contributed by atoms with E-state index in [0.29, 0.717) is 17.6 Å². The van der Waals surface area contributed by atoms with Crippen LogP contribution in [0.2, 0.25) is 0 Å². The summed E-state index contributed by atoms with van der Waals surface area (Å²) in [6, 6.07) is 1.63. The lowest BCUT2D eigenvalue weighted by atomic mass is 10.6. The minimum atomic E-state index is 0.0503. The van der Waals surface area contributed by atoms with Crippen molar-refractivity contribution >= 4 is 17.6 Å². The van der Waals surface area contributed by atoms with Gasteiger partial charge in [0.05, 0.1) is 6.26 Å². The summed E-state index contributed by atoms with van der Waals surface area (Å²) in [5.74, 6) is 0.344. The molecule has 0 aromatic carbocycles. The quantitative estimate of drug-likeness (QED) is 0.554. The zero-order chi connectivity index (χ0) is 6.97. The molecule has 0 bridgehead atoms. The van der Waals surface area contributed by atoms with E-state index < -0.39 is 0 Å². The second-order valence-corrected chi connectivity index (χ2v) is 1.76. The van der Waals surface area contributed by atoms with E-state index in [2.05, 4.69) is 4.98 Å². The number of aldehydes is 1. The van der Waals surface area contributed by atoms with Gasteiger partial charge in [0.1, 0.15) is 0 Å². The van der Waals surface area contributed by atoms with Crippen LogP contribution in [0.5, 0.6) is 0 Å². The van der Waals surface area contributed by atoms with Crippen LogP contribution in [0.3, 0.4) is 0 Å². The zero-order valence-corrected chi connectivity index (χ0v) is 4.90. The molecule has 0 aliphatic carbocycles. The predicted molar refractivity (Wildman–Crippen MR) is 31.7 cm³/mol. The van der Waals surface area contributed by atoms with Crippen molar-refractivity contribution in [1.29, 1.82) is 0 Å². The van der Waals surface area contributed by atoms with E-state index in [1.54, 1.807) is 6.07 Å². The molecule has 2 heterocycles. The lowest BCUT2D eigenvalue weighted by Gasteiger charge is -1.71. The molecule has 0 unspecified atom stereocenters. The monoisotopic (exact) mass is 137 g/mol. The molecule has 0 aliphatic rings. The first kappa shape index (κ1) is 5.22. The Morgan fingerprint density at radius 1 is 1.60 bits per heavy atom. The van der Waals surface area contributed by atoms with Crippen molar-refractivity contribution in [3.8, 4) is 0 Å². The molecule has 0 aliphatic heterocycles. The summed E-state index contributed by atoms with van der Waals surface area (Å²) in [6.07, 6.45) is 1.99. The average Bonchev–Trinajstić information content (AvgIpc) is 2.42. The van der Waals surface area contributed by atoms with E-state index in [4.69, 9.17) is 8.83 Å². The molecule has 4 nitrogen and oxygen atoms in total. The number of rotatable bonds is 1. The van der Waals surface area contributed by atoms with Crippen molar-refractivity contribution in [2.24, 2.45) is 0 Å². The number of aromatic nitrogens is 1. The molecule has 0 amide bonds. The van der Waals surface area contributed by atoms with Crippen LogP contribution in [0.15, 0.2) is 21.2 Å². The van der Waals surface area contributed by atoms with E-state index in [1.807, 2.05) is 0 Å². The normalized spacial score (nSPS) is 10.4. The smallest absolute Gasteiger partial charge is 0.318 e. The van der Waals surface area contributed by atoms with Crippen molar-refractivity contribution in [3.63, 3.8) is 0 Å². The maximum Gasteiger partial charge on any atom is 0.318 e. The Morgan fingerprint density at radius 2 is 2.50 bits per heavy atom. The predicted octanol–water partition coefficient (Wildman–Crippen LogP) is 1.23. The van der Waals surface area contributed by atoms with Gasteiger partial charge in [-0.1, -0.05) is 0 Å². The molecule has 0 atom stereocenters. The highest BCUT2D eigenvalue weighted by Gasteiger charge is 2.05. The molecule has 0 spiro atoms. The van der Waals surface area contributed by atoms with Crippen molar-refractivity contribution < 1.29 is 13.6 Å². The number of hydrogen-bond donors (Lipinski definition) is 0. The first-order valence-corrected chi connectivity index (χ1v) is 2.69. The van der Waals surface area contributed by atoms with Crippen LogP contribution in [-0.4, -0.2) is 11.3 Å².